The van der Waals surface area contributed by atoms with E-state index in [0.717, 1.165) is 35.3 Å². The number of rotatable bonds is 10. The van der Waals surface area contributed by atoms with E-state index in [0.29, 0.717) is 48.4 Å². The third-order valence-corrected chi connectivity index (χ3v) is 10.5. The maximum absolute atomic E-state index is 13.7. The van der Waals surface area contributed by atoms with Gasteiger partial charge in [0.25, 0.3) is 11.8 Å². The van der Waals surface area contributed by atoms with Gasteiger partial charge in [0, 0.05) is 49.3 Å². The van der Waals surface area contributed by atoms with Gasteiger partial charge in [0.2, 0.25) is 11.8 Å². The number of hydrogen-bond donors (Lipinski definition) is 2. The van der Waals surface area contributed by atoms with E-state index in [1.165, 1.54) is 0 Å². The molecule has 2 atom stereocenters. The first-order valence-corrected chi connectivity index (χ1v) is 19.0. The lowest BCUT2D eigenvalue weighted by Crippen LogP contribution is -2.43. The van der Waals surface area contributed by atoms with Crippen LogP contribution in [-0.4, -0.2) is 67.7 Å². The van der Waals surface area contributed by atoms with Crippen LogP contribution in [-0.2, 0) is 9.59 Å². The Morgan fingerprint density at radius 2 is 0.857 bits per heavy atom. The molecule has 4 amide bonds. The second-order valence-corrected chi connectivity index (χ2v) is 14.1. The fourth-order valence-electron chi connectivity index (χ4n) is 7.62. The van der Waals surface area contributed by atoms with Crippen LogP contribution in [0.4, 0.5) is 11.4 Å². The third-order valence-electron chi connectivity index (χ3n) is 10.5. The second kappa shape index (κ2) is 16.2. The van der Waals surface area contributed by atoms with Crippen molar-refractivity contribution in [3.63, 3.8) is 0 Å². The van der Waals surface area contributed by atoms with E-state index < -0.39 is 12.1 Å². The average Bonchev–Trinajstić information content (AvgIpc) is 4.09. The molecule has 0 spiro atoms. The minimum atomic E-state index is -0.551. The number of carbonyl (C=O) groups is 4. The smallest absolute Gasteiger partial charge is 0.256 e. The molecule has 10 nitrogen and oxygen atoms in total. The van der Waals surface area contributed by atoms with Gasteiger partial charge in [-0.3, -0.25) is 19.2 Å². The van der Waals surface area contributed by atoms with Gasteiger partial charge in [-0.2, -0.15) is 0 Å². The number of anilines is 2. The Balaban J connectivity index is 0.854. The molecule has 280 valence electrons. The molecule has 2 aliphatic rings. The summed E-state index contributed by atoms with van der Waals surface area (Å²) in [5, 5.41) is 6.02. The first kappa shape index (κ1) is 36.1. The molecule has 6 aromatic rings. The van der Waals surface area contributed by atoms with Crippen molar-refractivity contribution in [2.75, 3.05) is 23.7 Å². The molecule has 2 fully saturated rings. The first-order chi connectivity index (χ1) is 27.4. The summed E-state index contributed by atoms with van der Waals surface area (Å²) in [6, 6.07) is 36.6. The molecule has 0 bridgehead atoms. The van der Waals surface area contributed by atoms with Crippen molar-refractivity contribution in [3.8, 4) is 11.4 Å². The van der Waals surface area contributed by atoms with Crippen molar-refractivity contribution in [3.05, 3.63) is 168 Å². The summed E-state index contributed by atoms with van der Waals surface area (Å²) >= 11 is 0. The molecule has 10 heteroatoms. The van der Waals surface area contributed by atoms with Crippen molar-refractivity contribution in [1.82, 2.24) is 18.9 Å². The van der Waals surface area contributed by atoms with Gasteiger partial charge < -0.3 is 29.6 Å². The van der Waals surface area contributed by atoms with Gasteiger partial charge in [-0.25, -0.2) is 0 Å². The summed E-state index contributed by atoms with van der Waals surface area (Å²) in [6.45, 7) is 1.05. The Morgan fingerprint density at radius 1 is 0.482 bits per heavy atom. The topological polar surface area (TPSA) is 109 Å². The zero-order chi connectivity index (χ0) is 38.4. The van der Waals surface area contributed by atoms with E-state index in [1.807, 2.05) is 167 Å². The van der Waals surface area contributed by atoms with E-state index in [4.69, 9.17) is 0 Å². The van der Waals surface area contributed by atoms with E-state index in [-0.39, 0.29) is 23.6 Å². The molecule has 2 aromatic heterocycles. The van der Waals surface area contributed by atoms with Gasteiger partial charge >= 0.3 is 0 Å². The number of likely N-dealkylation sites (tertiary alicyclic amines) is 2. The van der Waals surface area contributed by atoms with Crippen LogP contribution in [0, 0.1) is 0 Å². The number of nitrogens with one attached hydrogen (secondary N) is 2. The van der Waals surface area contributed by atoms with Crippen LogP contribution >= 0.6 is 0 Å². The predicted octanol–water partition coefficient (Wildman–Crippen LogP) is 7.93. The molecule has 2 saturated heterocycles. The fourth-order valence-corrected chi connectivity index (χ4v) is 7.62. The summed E-state index contributed by atoms with van der Waals surface area (Å²) < 4.78 is 3.82. The zero-order valence-corrected chi connectivity index (χ0v) is 30.8. The van der Waals surface area contributed by atoms with Gasteiger partial charge in [-0.15, -0.1) is 0 Å². The van der Waals surface area contributed by atoms with Crippen LogP contribution < -0.4 is 10.6 Å². The molecule has 0 unspecified atom stereocenters. The number of aromatic nitrogens is 2. The highest BCUT2D eigenvalue weighted by atomic mass is 16.2. The van der Waals surface area contributed by atoms with Crippen LogP contribution in [0.25, 0.3) is 23.5 Å². The Bertz CT molecular complexity index is 2200. The SMILES string of the molecule is O=C(Nc1ccc(/C=C/c2ccc(NC(=O)[C@@H]3CCCN3C(=O)c3ccccc3-n3cccc3)cc2)cc1)[C@@H]1CCCN1C(=O)c1ccccc1-n1cccc1. The standard InChI is InChI=1S/C46H42N6O4/c53-43(41-15-9-31-51(41)45(55)37-11-1-3-13-39(37)49-27-5-6-28-49)47-35-23-19-33(20-24-35)17-18-34-21-25-36(26-22-34)48-44(54)42-16-10-32-52(42)46(56)38-12-2-4-14-40(38)50-29-7-8-30-50/h1-8,11-14,17-30,41-42H,9-10,15-16,31-32H2,(H,47,53)(H,48,54)/b18-17+/t41-,42-/m0/s1. The van der Waals surface area contributed by atoms with Crippen LogP contribution in [0.1, 0.15) is 57.5 Å². The normalized spacial score (nSPS) is 16.6. The molecule has 0 aliphatic carbocycles. The second-order valence-electron chi connectivity index (χ2n) is 14.1. The van der Waals surface area contributed by atoms with Crippen molar-refractivity contribution >= 4 is 47.2 Å². The number of nitrogens with zero attached hydrogens (tertiary/aromatic N) is 4. The molecular weight excluding hydrogens is 701 g/mol. The minimum Gasteiger partial charge on any atom is -0.327 e. The zero-order valence-electron chi connectivity index (χ0n) is 30.8. The Hall–Kier alpha value is -6.94. The lowest BCUT2D eigenvalue weighted by atomic mass is 10.1. The number of amides is 4. The molecule has 2 N–H and O–H groups in total. The monoisotopic (exact) mass is 742 g/mol. The van der Waals surface area contributed by atoms with Crippen LogP contribution in [0.2, 0.25) is 0 Å². The number of carbonyl (C=O) groups excluding carboxylic acids is 4. The number of benzene rings is 4. The van der Waals surface area contributed by atoms with Crippen LogP contribution in [0.5, 0.6) is 0 Å². The van der Waals surface area contributed by atoms with Crippen LogP contribution in [0.15, 0.2) is 146 Å². The van der Waals surface area contributed by atoms with E-state index >= 15 is 0 Å². The molecule has 2 aliphatic heterocycles. The molecular formula is C46H42N6O4. The Kier molecular flexibility index (Phi) is 10.4. The summed E-state index contributed by atoms with van der Waals surface area (Å²) in [5.41, 5.74) is 5.91. The highest BCUT2D eigenvalue weighted by Gasteiger charge is 2.36. The summed E-state index contributed by atoms with van der Waals surface area (Å²) in [4.78, 5) is 57.6. The van der Waals surface area contributed by atoms with Crippen molar-refractivity contribution in [1.29, 1.82) is 0 Å². The Morgan fingerprint density at radius 3 is 1.25 bits per heavy atom. The van der Waals surface area contributed by atoms with Gasteiger partial charge in [0.1, 0.15) is 12.1 Å². The lowest BCUT2D eigenvalue weighted by molar-refractivity contribution is -0.120. The fraction of sp³-hybridized carbons (Fsp3) is 0.174. The lowest BCUT2D eigenvalue weighted by Gasteiger charge is -2.25. The summed E-state index contributed by atoms with van der Waals surface area (Å²) in [7, 11) is 0. The first-order valence-electron chi connectivity index (χ1n) is 19.0. The van der Waals surface area contributed by atoms with E-state index in [2.05, 4.69) is 10.6 Å². The van der Waals surface area contributed by atoms with Gasteiger partial charge in [0.15, 0.2) is 0 Å². The van der Waals surface area contributed by atoms with Gasteiger partial charge in [0.05, 0.1) is 22.5 Å². The molecule has 0 radical (unpaired) electrons. The van der Waals surface area contributed by atoms with Crippen molar-refractivity contribution in [2.24, 2.45) is 0 Å². The van der Waals surface area contributed by atoms with Gasteiger partial charge in [-0.1, -0.05) is 60.7 Å². The quantitative estimate of drug-likeness (QED) is 0.139. The van der Waals surface area contributed by atoms with Crippen molar-refractivity contribution < 1.29 is 19.2 Å². The summed E-state index contributed by atoms with van der Waals surface area (Å²) in [5.74, 6) is -0.701. The molecule has 8 rings (SSSR count). The largest absolute Gasteiger partial charge is 0.327 e. The van der Waals surface area contributed by atoms with E-state index in [1.54, 1.807) is 9.80 Å². The molecule has 0 saturated carbocycles. The summed E-state index contributed by atoms with van der Waals surface area (Å²) in [6.07, 6.45) is 14.3. The van der Waals surface area contributed by atoms with E-state index in [9.17, 15) is 19.2 Å². The maximum atomic E-state index is 13.7. The maximum Gasteiger partial charge on any atom is 0.256 e. The molecule has 56 heavy (non-hydrogen) atoms. The number of hydrogen-bond acceptors (Lipinski definition) is 4. The third kappa shape index (κ3) is 7.67. The highest BCUT2D eigenvalue weighted by molar-refractivity contribution is 6.04. The predicted molar refractivity (Wildman–Crippen MR) is 219 cm³/mol. The average molecular weight is 743 g/mol. The highest BCUT2D eigenvalue weighted by Crippen LogP contribution is 2.27. The Labute approximate surface area is 325 Å². The van der Waals surface area contributed by atoms with Crippen molar-refractivity contribution in [2.45, 2.75) is 37.8 Å². The van der Waals surface area contributed by atoms with Gasteiger partial charge in [-0.05, 0) is 110 Å². The minimum absolute atomic E-state index is 0.152. The molecule has 4 aromatic carbocycles. The molecule has 4 heterocycles. The van der Waals surface area contributed by atoms with Crippen LogP contribution in [0.3, 0.4) is 0 Å². The number of para-hydroxylation sites is 2.